The predicted molar refractivity (Wildman–Crippen MR) is 84.1 cm³/mol. The minimum absolute atomic E-state index is 0.0170. The molecule has 1 aromatic heterocycles. The number of rotatable bonds is 3. The summed E-state index contributed by atoms with van der Waals surface area (Å²) in [7, 11) is 3.56. The number of carbonyl (C=O) groups is 1. The average Bonchev–Trinajstić information content (AvgIpc) is 2.83. The van der Waals surface area contributed by atoms with Crippen molar-refractivity contribution in [2.45, 2.75) is 6.92 Å². The lowest BCUT2D eigenvalue weighted by atomic mass is 10.0. The fourth-order valence-corrected chi connectivity index (χ4v) is 2.59. The van der Waals surface area contributed by atoms with Gasteiger partial charge in [-0.2, -0.15) is 0 Å². The van der Waals surface area contributed by atoms with Crippen molar-refractivity contribution in [1.82, 2.24) is 4.57 Å². The van der Waals surface area contributed by atoms with Crippen LogP contribution in [0.4, 0.5) is 0 Å². The van der Waals surface area contributed by atoms with Gasteiger partial charge in [-0.25, -0.2) is 0 Å². The van der Waals surface area contributed by atoms with Gasteiger partial charge in [-0.1, -0.05) is 24.3 Å². The summed E-state index contributed by atoms with van der Waals surface area (Å²) in [6.45, 7) is 2.05. The van der Waals surface area contributed by atoms with E-state index in [0.717, 1.165) is 16.5 Å². The number of aryl methyl sites for hydroxylation is 2. The first-order valence-electron chi connectivity index (χ1n) is 6.84. The lowest BCUT2D eigenvalue weighted by Crippen LogP contribution is -2.00. The zero-order valence-corrected chi connectivity index (χ0v) is 12.4. The molecule has 1 heterocycles. The van der Waals surface area contributed by atoms with Crippen LogP contribution in [0.2, 0.25) is 0 Å². The molecule has 0 saturated carbocycles. The second kappa shape index (κ2) is 5.09. The third-order valence-electron chi connectivity index (χ3n) is 3.72. The maximum atomic E-state index is 12.8. The van der Waals surface area contributed by atoms with Crippen LogP contribution in [0.1, 0.15) is 21.5 Å². The summed E-state index contributed by atoms with van der Waals surface area (Å²) in [5.41, 5.74) is 3.62. The van der Waals surface area contributed by atoms with E-state index in [1.165, 1.54) is 5.56 Å². The summed E-state index contributed by atoms with van der Waals surface area (Å²) in [6, 6.07) is 13.4. The van der Waals surface area contributed by atoms with Crippen molar-refractivity contribution in [3.63, 3.8) is 0 Å². The number of methoxy groups -OCH3 is 1. The first-order chi connectivity index (χ1) is 10.1. The van der Waals surface area contributed by atoms with Crippen molar-refractivity contribution in [3.05, 3.63) is 65.4 Å². The van der Waals surface area contributed by atoms with Crippen LogP contribution in [-0.2, 0) is 7.05 Å². The molecule has 0 N–H and O–H groups in total. The fraction of sp³-hybridized carbons (Fsp3) is 0.167. The zero-order chi connectivity index (χ0) is 15.0. The standard InChI is InChI=1S/C18H17NO2/c1-12-7-8-15-16(11-19(2)17(15)9-12)18(20)13-5-4-6-14(10-13)21-3/h4-11H,1-3H3. The van der Waals surface area contributed by atoms with Crippen LogP contribution in [0.25, 0.3) is 10.9 Å². The van der Waals surface area contributed by atoms with Crippen LogP contribution < -0.4 is 4.74 Å². The lowest BCUT2D eigenvalue weighted by molar-refractivity contribution is 0.104. The minimum Gasteiger partial charge on any atom is -0.497 e. The van der Waals surface area contributed by atoms with Crippen molar-refractivity contribution < 1.29 is 9.53 Å². The summed E-state index contributed by atoms with van der Waals surface area (Å²) in [6.07, 6.45) is 1.89. The molecule has 21 heavy (non-hydrogen) atoms. The van der Waals surface area contributed by atoms with E-state index in [-0.39, 0.29) is 5.78 Å². The molecule has 0 bridgehead atoms. The van der Waals surface area contributed by atoms with Crippen LogP contribution in [0.15, 0.2) is 48.7 Å². The van der Waals surface area contributed by atoms with Crippen LogP contribution >= 0.6 is 0 Å². The van der Waals surface area contributed by atoms with Crippen LogP contribution in [0.5, 0.6) is 5.75 Å². The Bertz CT molecular complexity index is 830. The smallest absolute Gasteiger partial charge is 0.195 e. The molecule has 0 fully saturated rings. The van der Waals surface area contributed by atoms with E-state index < -0.39 is 0 Å². The molecule has 0 spiro atoms. The van der Waals surface area contributed by atoms with Crippen LogP contribution in [-0.4, -0.2) is 17.5 Å². The Morgan fingerprint density at radius 1 is 1.14 bits per heavy atom. The molecule has 0 radical (unpaired) electrons. The summed E-state index contributed by atoms with van der Waals surface area (Å²) in [4.78, 5) is 12.8. The number of hydrogen-bond acceptors (Lipinski definition) is 2. The Kier molecular flexibility index (Phi) is 3.26. The largest absolute Gasteiger partial charge is 0.497 e. The zero-order valence-electron chi connectivity index (χ0n) is 12.4. The normalized spacial score (nSPS) is 10.8. The van der Waals surface area contributed by atoms with E-state index in [9.17, 15) is 4.79 Å². The molecule has 0 aliphatic carbocycles. The van der Waals surface area contributed by atoms with E-state index >= 15 is 0 Å². The first kappa shape index (κ1) is 13.4. The summed E-state index contributed by atoms with van der Waals surface area (Å²) in [5, 5.41) is 0.982. The van der Waals surface area contributed by atoms with Gasteiger partial charge in [0.2, 0.25) is 0 Å². The van der Waals surface area contributed by atoms with E-state index in [0.29, 0.717) is 11.3 Å². The number of carbonyl (C=O) groups excluding carboxylic acids is 1. The van der Waals surface area contributed by atoms with Gasteiger partial charge in [0.15, 0.2) is 5.78 Å². The lowest BCUT2D eigenvalue weighted by Gasteiger charge is -2.03. The van der Waals surface area contributed by atoms with Gasteiger partial charge in [0.1, 0.15) is 5.75 Å². The maximum Gasteiger partial charge on any atom is 0.195 e. The highest BCUT2D eigenvalue weighted by molar-refractivity contribution is 6.16. The highest BCUT2D eigenvalue weighted by atomic mass is 16.5. The summed E-state index contributed by atoms with van der Waals surface area (Å²) < 4.78 is 7.19. The number of fused-ring (bicyclic) bond motifs is 1. The Balaban J connectivity index is 2.13. The number of ketones is 1. The molecule has 0 aliphatic rings. The Labute approximate surface area is 123 Å². The fourth-order valence-electron chi connectivity index (χ4n) is 2.59. The topological polar surface area (TPSA) is 31.2 Å². The molecule has 106 valence electrons. The Morgan fingerprint density at radius 2 is 1.95 bits per heavy atom. The number of ether oxygens (including phenoxy) is 1. The van der Waals surface area contributed by atoms with E-state index in [1.54, 1.807) is 13.2 Å². The van der Waals surface area contributed by atoms with E-state index in [1.807, 2.05) is 48.1 Å². The second-order valence-corrected chi connectivity index (χ2v) is 5.24. The van der Waals surface area contributed by atoms with Crippen LogP contribution in [0, 0.1) is 6.92 Å². The SMILES string of the molecule is COc1cccc(C(=O)c2cn(C)c3cc(C)ccc23)c1. The van der Waals surface area contributed by atoms with E-state index in [2.05, 4.69) is 13.0 Å². The predicted octanol–water partition coefficient (Wildman–Crippen LogP) is 3.73. The second-order valence-electron chi connectivity index (χ2n) is 5.24. The quantitative estimate of drug-likeness (QED) is 0.684. The number of aromatic nitrogens is 1. The Hall–Kier alpha value is -2.55. The van der Waals surface area contributed by atoms with Gasteiger partial charge in [-0.15, -0.1) is 0 Å². The number of hydrogen-bond donors (Lipinski definition) is 0. The molecular weight excluding hydrogens is 262 g/mol. The van der Waals surface area contributed by atoms with Crippen molar-refractivity contribution >= 4 is 16.7 Å². The molecule has 3 rings (SSSR count). The molecule has 0 aliphatic heterocycles. The molecular formula is C18H17NO2. The average molecular weight is 279 g/mol. The van der Waals surface area contributed by atoms with Gasteiger partial charge in [-0.05, 0) is 30.7 Å². The molecule has 3 aromatic rings. The van der Waals surface area contributed by atoms with Gasteiger partial charge in [0.05, 0.1) is 7.11 Å². The highest BCUT2D eigenvalue weighted by Gasteiger charge is 2.16. The van der Waals surface area contributed by atoms with Crippen molar-refractivity contribution in [3.8, 4) is 5.75 Å². The minimum atomic E-state index is 0.0170. The van der Waals surface area contributed by atoms with Crippen molar-refractivity contribution in [2.75, 3.05) is 7.11 Å². The van der Waals surface area contributed by atoms with Crippen molar-refractivity contribution in [1.29, 1.82) is 0 Å². The number of nitrogens with zero attached hydrogens (tertiary/aromatic N) is 1. The van der Waals surface area contributed by atoms with Gasteiger partial charge < -0.3 is 9.30 Å². The first-order valence-corrected chi connectivity index (χ1v) is 6.84. The highest BCUT2D eigenvalue weighted by Crippen LogP contribution is 2.25. The molecule has 0 saturated heterocycles. The van der Waals surface area contributed by atoms with Crippen LogP contribution in [0.3, 0.4) is 0 Å². The summed E-state index contributed by atoms with van der Waals surface area (Å²) >= 11 is 0. The van der Waals surface area contributed by atoms with E-state index in [4.69, 9.17) is 4.74 Å². The molecule has 0 unspecified atom stereocenters. The molecule has 0 atom stereocenters. The third kappa shape index (κ3) is 2.31. The molecule has 3 heteroatoms. The molecule has 2 aromatic carbocycles. The van der Waals surface area contributed by atoms with Gasteiger partial charge >= 0.3 is 0 Å². The van der Waals surface area contributed by atoms with Gasteiger partial charge in [0, 0.05) is 35.3 Å². The molecule has 3 nitrogen and oxygen atoms in total. The van der Waals surface area contributed by atoms with Crippen molar-refractivity contribution in [2.24, 2.45) is 7.05 Å². The van der Waals surface area contributed by atoms with Gasteiger partial charge in [0.25, 0.3) is 0 Å². The monoisotopic (exact) mass is 279 g/mol. The van der Waals surface area contributed by atoms with Gasteiger partial charge in [-0.3, -0.25) is 4.79 Å². The number of benzene rings is 2. The third-order valence-corrected chi connectivity index (χ3v) is 3.72. The summed E-state index contributed by atoms with van der Waals surface area (Å²) in [5.74, 6) is 0.709. The molecule has 0 amide bonds. The Morgan fingerprint density at radius 3 is 2.71 bits per heavy atom. The maximum absolute atomic E-state index is 12.8.